The third-order valence-corrected chi connectivity index (χ3v) is 16.4. The van der Waals surface area contributed by atoms with Crippen molar-refractivity contribution in [3.8, 4) is 0 Å². The molecule has 1 atom stereocenters. The van der Waals surface area contributed by atoms with Gasteiger partial charge in [-0.2, -0.15) is 0 Å². The second kappa shape index (κ2) is 13.6. The van der Waals surface area contributed by atoms with E-state index in [1.54, 1.807) is 18.4 Å². The SMILES string of the molecule is Cc1c(Br)sc2c1c(=O)n(C(C)(C)C(=O)O[Si](c1ccccc1)(c1ccccc1)C(C)(C)C)c(=O)n2C[C@H](OC1COC1)c1ccccc1. The molecule has 0 radical (unpaired) electrons. The average molecular weight is 762 g/mol. The third kappa shape index (κ3) is 6.31. The average Bonchev–Trinajstić information content (AvgIpc) is 3.36. The minimum absolute atomic E-state index is 0.114. The van der Waals surface area contributed by atoms with E-state index in [1.807, 2.05) is 97.9 Å². The number of hydrogen-bond donors (Lipinski definition) is 0. The van der Waals surface area contributed by atoms with Crippen LogP contribution in [0.3, 0.4) is 0 Å². The number of aromatic nitrogens is 2. The number of hydrogen-bond acceptors (Lipinski definition) is 7. The largest absolute Gasteiger partial charge is 0.508 e. The number of aryl methyl sites for hydroxylation is 1. The highest BCUT2D eigenvalue weighted by molar-refractivity contribution is 9.11. The van der Waals surface area contributed by atoms with Crippen LogP contribution in [0.4, 0.5) is 0 Å². The van der Waals surface area contributed by atoms with Gasteiger partial charge in [-0.1, -0.05) is 112 Å². The van der Waals surface area contributed by atoms with Crippen LogP contribution < -0.4 is 21.6 Å². The normalized spacial score (nSPS) is 14.8. The van der Waals surface area contributed by atoms with Gasteiger partial charge >= 0.3 is 20.0 Å². The lowest BCUT2D eigenvalue weighted by Crippen LogP contribution is -2.69. The van der Waals surface area contributed by atoms with Gasteiger partial charge in [0.15, 0.2) is 0 Å². The first-order chi connectivity index (χ1) is 23.3. The van der Waals surface area contributed by atoms with Crippen LogP contribution in [0.2, 0.25) is 5.04 Å². The van der Waals surface area contributed by atoms with Crippen LogP contribution in [0.25, 0.3) is 10.2 Å². The number of benzene rings is 3. The van der Waals surface area contributed by atoms with E-state index in [0.717, 1.165) is 24.3 Å². The molecule has 1 aliphatic rings. The summed E-state index contributed by atoms with van der Waals surface area (Å²) >= 11 is 4.93. The molecule has 0 aliphatic carbocycles. The fraction of sp³-hybridized carbons (Fsp3) is 0.342. The maximum absolute atomic E-state index is 14.8. The summed E-state index contributed by atoms with van der Waals surface area (Å²) in [4.78, 5) is 44.6. The van der Waals surface area contributed by atoms with E-state index in [2.05, 4.69) is 36.7 Å². The zero-order valence-electron chi connectivity index (χ0n) is 28.6. The Morgan fingerprint density at radius 2 is 1.45 bits per heavy atom. The number of rotatable bonds is 10. The first-order valence-corrected chi connectivity index (χ1v) is 19.9. The summed E-state index contributed by atoms with van der Waals surface area (Å²) in [5.41, 5.74) is -1.23. The van der Waals surface area contributed by atoms with Crippen molar-refractivity contribution in [2.45, 2.75) is 70.9 Å². The lowest BCUT2D eigenvalue weighted by atomic mass is 10.1. The summed E-state index contributed by atoms with van der Waals surface area (Å²) in [5, 5.41) is 1.70. The van der Waals surface area contributed by atoms with Gasteiger partial charge in [-0.3, -0.25) is 14.2 Å². The molecular formula is C38H41BrN2O6SSi. The van der Waals surface area contributed by atoms with Gasteiger partial charge in [0.1, 0.15) is 22.6 Å². The molecule has 0 unspecified atom stereocenters. The Kier molecular flexibility index (Phi) is 9.77. The van der Waals surface area contributed by atoms with Gasteiger partial charge in [0, 0.05) is 0 Å². The molecule has 5 aromatic rings. The molecule has 8 nitrogen and oxygen atoms in total. The van der Waals surface area contributed by atoms with Crippen LogP contribution in [0.15, 0.2) is 104 Å². The Morgan fingerprint density at radius 1 is 0.918 bits per heavy atom. The van der Waals surface area contributed by atoms with E-state index >= 15 is 0 Å². The standard InChI is InChI=1S/C38H41BrN2O6SSi/c1-25-31-33(42)41(36(44)40(34(31)48-32(25)39)22-30(46-27-23-45-24-27)26-16-10-7-11-17-26)38(5,6)35(43)47-49(37(2,3)4,28-18-12-8-13-19-28)29-20-14-9-15-21-29/h7-21,27,30H,22-24H2,1-6H3/t30-/m0/s1. The number of nitrogens with zero attached hydrogens (tertiary/aromatic N) is 2. The second-order valence-electron chi connectivity index (χ2n) is 14.0. The second-order valence-corrected chi connectivity index (χ2v) is 20.6. The molecule has 0 bridgehead atoms. The van der Waals surface area contributed by atoms with Gasteiger partial charge in [0.2, 0.25) is 0 Å². The first kappa shape index (κ1) is 35.2. The third-order valence-electron chi connectivity index (χ3n) is 9.36. The van der Waals surface area contributed by atoms with Gasteiger partial charge < -0.3 is 13.9 Å². The van der Waals surface area contributed by atoms with Crippen molar-refractivity contribution in [3.63, 3.8) is 0 Å². The monoisotopic (exact) mass is 760 g/mol. The lowest BCUT2D eigenvalue weighted by molar-refractivity contribution is -0.159. The van der Waals surface area contributed by atoms with E-state index in [4.69, 9.17) is 13.9 Å². The minimum atomic E-state index is -3.36. The highest BCUT2D eigenvalue weighted by Crippen LogP contribution is 2.39. The quantitative estimate of drug-likeness (QED) is 0.156. The number of thiophene rings is 1. The molecule has 1 fully saturated rings. The summed E-state index contributed by atoms with van der Waals surface area (Å²) in [6, 6.07) is 29.4. The van der Waals surface area contributed by atoms with Gasteiger partial charge in [0.25, 0.3) is 5.56 Å². The van der Waals surface area contributed by atoms with E-state index in [1.165, 1.54) is 11.3 Å². The fourth-order valence-electron chi connectivity index (χ4n) is 6.56. The van der Waals surface area contributed by atoms with E-state index in [0.29, 0.717) is 29.0 Å². The predicted molar refractivity (Wildman–Crippen MR) is 201 cm³/mol. The molecule has 0 amide bonds. The molecule has 3 heterocycles. The van der Waals surface area contributed by atoms with Crippen molar-refractivity contribution in [2.24, 2.45) is 0 Å². The molecule has 6 rings (SSSR count). The number of ether oxygens (including phenoxy) is 2. The summed E-state index contributed by atoms with van der Waals surface area (Å²) < 4.78 is 22.1. The van der Waals surface area contributed by atoms with Gasteiger partial charge in [-0.25, -0.2) is 9.36 Å². The van der Waals surface area contributed by atoms with Crippen molar-refractivity contribution in [2.75, 3.05) is 13.2 Å². The van der Waals surface area contributed by atoms with Crippen LogP contribution in [0.1, 0.15) is 51.8 Å². The Hall–Kier alpha value is -3.61. The molecule has 2 aromatic heterocycles. The summed E-state index contributed by atoms with van der Waals surface area (Å²) in [6.45, 7) is 12.3. The van der Waals surface area contributed by atoms with Crippen molar-refractivity contribution >= 4 is 62.1 Å². The van der Waals surface area contributed by atoms with Gasteiger partial charge in [0.05, 0.1) is 28.9 Å². The van der Waals surface area contributed by atoms with Crippen molar-refractivity contribution in [1.29, 1.82) is 0 Å². The maximum atomic E-state index is 14.8. The highest BCUT2D eigenvalue weighted by atomic mass is 79.9. The molecule has 3 aromatic carbocycles. The molecule has 1 aliphatic heterocycles. The molecule has 0 saturated carbocycles. The number of halogens is 1. The highest BCUT2D eigenvalue weighted by Gasteiger charge is 2.55. The topological polar surface area (TPSA) is 88.8 Å². The molecular weight excluding hydrogens is 720 g/mol. The van der Waals surface area contributed by atoms with Crippen molar-refractivity contribution in [1.82, 2.24) is 9.13 Å². The Labute approximate surface area is 299 Å². The van der Waals surface area contributed by atoms with Crippen LogP contribution in [-0.4, -0.2) is 42.7 Å². The van der Waals surface area contributed by atoms with Crippen molar-refractivity contribution < 1.29 is 18.7 Å². The molecule has 49 heavy (non-hydrogen) atoms. The zero-order valence-corrected chi connectivity index (χ0v) is 32.0. The zero-order chi connectivity index (χ0) is 35.1. The van der Waals surface area contributed by atoms with Crippen LogP contribution >= 0.6 is 27.3 Å². The van der Waals surface area contributed by atoms with E-state index in [-0.39, 0.29) is 12.6 Å². The smallest absolute Gasteiger partial charge is 0.333 e. The molecule has 0 spiro atoms. The first-order valence-electron chi connectivity index (χ1n) is 16.3. The molecule has 256 valence electrons. The van der Waals surface area contributed by atoms with Crippen molar-refractivity contribution in [3.05, 3.63) is 127 Å². The minimum Gasteiger partial charge on any atom is -0.508 e. The predicted octanol–water partition coefficient (Wildman–Crippen LogP) is 6.29. The number of carbonyl (C=O) groups excluding carboxylic acids is 1. The molecule has 11 heteroatoms. The lowest BCUT2D eigenvalue weighted by Gasteiger charge is -2.43. The van der Waals surface area contributed by atoms with Crippen LogP contribution in [0.5, 0.6) is 0 Å². The fourth-order valence-corrected chi connectivity index (χ4v) is 12.7. The van der Waals surface area contributed by atoms with Gasteiger partial charge in [-0.15, -0.1) is 11.3 Å². The Bertz CT molecular complexity index is 2040. The van der Waals surface area contributed by atoms with Gasteiger partial charge in [-0.05, 0) is 63.2 Å². The van der Waals surface area contributed by atoms with Crippen LogP contribution in [0, 0.1) is 6.92 Å². The maximum Gasteiger partial charge on any atom is 0.333 e. The summed E-state index contributed by atoms with van der Waals surface area (Å²) in [6.07, 6.45) is -0.618. The Morgan fingerprint density at radius 3 is 1.94 bits per heavy atom. The molecule has 0 N–H and O–H groups in total. The van der Waals surface area contributed by atoms with Crippen LogP contribution in [-0.2, 0) is 30.8 Å². The Balaban J connectivity index is 1.52. The molecule has 1 saturated heterocycles. The summed E-state index contributed by atoms with van der Waals surface area (Å²) in [5.74, 6) is -0.652. The van der Waals surface area contributed by atoms with E-state index in [9.17, 15) is 14.4 Å². The summed E-state index contributed by atoms with van der Waals surface area (Å²) in [7, 11) is -3.36. The van der Waals surface area contributed by atoms with E-state index < -0.39 is 42.2 Å². The number of carbonyl (C=O) groups is 1. The number of fused-ring (bicyclic) bond motifs is 1.